The minimum absolute atomic E-state index is 0.0861. The number of nitrogens with one attached hydrogen (secondary N) is 1. The first kappa shape index (κ1) is 17.7. The van der Waals surface area contributed by atoms with Crippen LogP contribution in [0.5, 0.6) is 5.75 Å². The summed E-state index contributed by atoms with van der Waals surface area (Å²) in [5, 5.41) is 11.1. The number of carbonyl (C=O) groups is 1. The van der Waals surface area contributed by atoms with Gasteiger partial charge in [0.1, 0.15) is 5.75 Å². The van der Waals surface area contributed by atoms with Crippen molar-refractivity contribution in [3.63, 3.8) is 0 Å². The molecular formula is C13H13Br2N3O2S2. The number of ether oxygens (including phenoxy) is 1. The van der Waals surface area contributed by atoms with Gasteiger partial charge in [0.05, 0.1) is 4.47 Å². The van der Waals surface area contributed by atoms with Crippen LogP contribution in [0.3, 0.4) is 0 Å². The predicted molar refractivity (Wildman–Crippen MR) is 96.9 cm³/mol. The molecule has 0 saturated carbocycles. The van der Waals surface area contributed by atoms with Crippen LogP contribution in [0.2, 0.25) is 0 Å². The molecule has 2 rings (SSSR count). The second kappa shape index (κ2) is 8.85. The summed E-state index contributed by atoms with van der Waals surface area (Å²) >= 11 is 9.74. The fourth-order valence-corrected chi connectivity index (χ4v) is 4.25. The highest BCUT2D eigenvalue weighted by Crippen LogP contribution is 2.28. The van der Waals surface area contributed by atoms with E-state index in [0.29, 0.717) is 10.9 Å². The lowest BCUT2D eigenvalue weighted by atomic mass is 10.3. The predicted octanol–water partition coefficient (Wildman–Crippen LogP) is 4.58. The lowest BCUT2D eigenvalue weighted by Gasteiger charge is -2.07. The van der Waals surface area contributed by atoms with Crippen molar-refractivity contribution in [2.24, 2.45) is 0 Å². The third kappa shape index (κ3) is 5.53. The van der Waals surface area contributed by atoms with Crippen LogP contribution in [0.1, 0.15) is 13.3 Å². The highest BCUT2D eigenvalue weighted by molar-refractivity contribution is 9.11. The summed E-state index contributed by atoms with van der Waals surface area (Å²) in [5.41, 5.74) is 0. The van der Waals surface area contributed by atoms with Gasteiger partial charge in [-0.2, -0.15) is 0 Å². The van der Waals surface area contributed by atoms with E-state index in [1.165, 1.54) is 11.3 Å². The van der Waals surface area contributed by atoms with Crippen molar-refractivity contribution >= 4 is 66.0 Å². The van der Waals surface area contributed by atoms with Crippen LogP contribution in [-0.4, -0.2) is 28.5 Å². The number of carbonyl (C=O) groups excluding carboxylic acids is 1. The average molecular weight is 467 g/mol. The molecular weight excluding hydrogens is 454 g/mol. The van der Waals surface area contributed by atoms with E-state index in [2.05, 4.69) is 54.3 Å². The Kier molecular flexibility index (Phi) is 7.13. The topological polar surface area (TPSA) is 64.1 Å². The van der Waals surface area contributed by atoms with E-state index in [-0.39, 0.29) is 12.5 Å². The van der Waals surface area contributed by atoms with Crippen molar-refractivity contribution in [1.82, 2.24) is 10.2 Å². The molecule has 0 saturated heterocycles. The van der Waals surface area contributed by atoms with Crippen molar-refractivity contribution in [3.8, 4) is 5.75 Å². The van der Waals surface area contributed by atoms with E-state index >= 15 is 0 Å². The molecule has 0 atom stereocenters. The molecule has 2 aromatic rings. The molecule has 5 nitrogen and oxygen atoms in total. The minimum atomic E-state index is -0.266. The van der Waals surface area contributed by atoms with Crippen LogP contribution in [0.15, 0.2) is 31.5 Å². The zero-order chi connectivity index (χ0) is 15.9. The molecule has 0 aliphatic heterocycles. The maximum Gasteiger partial charge on any atom is 0.264 e. The Morgan fingerprint density at radius 3 is 2.95 bits per heavy atom. The van der Waals surface area contributed by atoms with E-state index < -0.39 is 0 Å². The SMILES string of the molecule is CCCSc1nnc(NC(=O)COc2ccc(Br)cc2Br)s1. The van der Waals surface area contributed by atoms with Gasteiger partial charge in [0, 0.05) is 10.2 Å². The summed E-state index contributed by atoms with van der Waals surface area (Å²) in [6.45, 7) is 2.02. The van der Waals surface area contributed by atoms with Crippen LogP contribution in [-0.2, 0) is 4.79 Å². The molecule has 0 fully saturated rings. The first-order valence-electron chi connectivity index (χ1n) is 6.42. The molecule has 0 unspecified atom stereocenters. The number of hydrogen-bond acceptors (Lipinski definition) is 6. The van der Waals surface area contributed by atoms with E-state index in [0.717, 1.165) is 25.5 Å². The van der Waals surface area contributed by atoms with Crippen molar-refractivity contribution in [1.29, 1.82) is 0 Å². The van der Waals surface area contributed by atoms with Crippen molar-refractivity contribution in [3.05, 3.63) is 27.1 Å². The number of amides is 1. The highest BCUT2D eigenvalue weighted by atomic mass is 79.9. The first-order valence-corrected chi connectivity index (χ1v) is 9.81. The van der Waals surface area contributed by atoms with Gasteiger partial charge in [0.25, 0.3) is 5.91 Å². The van der Waals surface area contributed by atoms with Gasteiger partial charge in [-0.05, 0) is 40.5 Å². The van der Waals surface area contributed by atoms with Gasteiger partial charge in [-0.3, -0.25) is 10.1 Å². The molecule has 1 N–H and O–H groups in total. The summed E-state index contributed by atoms with van der Waals surface area (Å²) < 4.78 is 8.04. The smallest absolute Gasteiger partial charge is 0.264 e. The number of benzene rings is 1. The van der Waals surface area contributed by atoms with Gasteiger partial charge in [-0.1, -0.05) is 46.0 Å². The van der Waals surface area contributed by atoms with Crippen LogP contribution < -0.4 is 10.1 Å². The summed E-state index contributed by atoms with van der Waals surface area (Å²) in [6, 6.07) is 5.49. The standard InChI is InChI=1S/C13H13Br2N3O2S2/c1-2-5-21-13-18-17-12(22-13)16-11(19)7-20-10-4-3-8(14)6-9(10)15/h3-4,6H,2,5,7H2,1H3,(H,16,17,19). The normalized spacial score (nSPS) is 10.5. The molecule has 1 aromatic heterocycles. The third-order valence-corrected chi connectivity index (χ3v) is 5.63. The van der Waals surface area contributed by atoms with Gasteiger partial charge in [0.15, 0.2) is 10.9 Å². The molecule has 0 radical (unpaired) electrons. The van der Waals surface area contributed by atoms with E-state index in [1.807, 2.05) is 12.1 Å². The second-order valence-corrected chi connectivity index (χ2v) is 8.22. The molecule has 1 aromatic carbocycles. The molecule has 0 spiro atoms. The number of anilines is 1. The summed E-state index contributed by atoms with van der Waals surface area (Å²) in [7, 11) is 0. The molecule has 1 heterocycles. The number of aromatic nitrogens is 2. The highest BCUT2D eigenvalue weighted by Gasteiger charge is 2.10. The summed E-state index contributed by atoms with van der Waals surface area (Å²) in [5.74, 6) is 1.33. The van der Waals surface area contributed by atoms with E-state index in [9.17, 15) is 4.79 Å². The Morgan fingerprint density at radius 1 is 1.41 bits per heavy atom. The zero-order valence-electron chi connectivity index (χ0n) is 11.6. The average Bonchev–Trinajstić information content (AvgIpc) is 2.91. The van der Waals surface area contributed by atoms with Crippen molar-refractivity contribution in [2.75, 3.05) is 17.7 Å². The zero-order valence-corrected chi connectivity index (χ0v) is 16.4. The number of rotatable bonds is 7. The monoisotopic (exact) mass is 465 g/mol. The lowest BCUT2D eigenvalue weighted by molar-refractivity contribution is -0.118. The maximum absolute atomic E-state index is 11.9. The number of hydrogen-bond donors (Lipinski definition) is 1. The van der Waals surface area contributed by atoms with Crippen molar-refractivity contribution in [2.45, 2.75) is 17.7 Å². The van der Waals surface area contributed by atoms with Crippen LogP contribution in [0, 0.1) is 0 Å². The second-order valence-electron chi connectivity index (χ2n) is 4.13. The molecule has 9 heteroatoms. The van der Waals surface area contributed by atoms with Gasteiger partial charge in [-0.25, -0.2) is 0 Å². The van der Waals surface area contributed by atoms with Gasteiger partial charge in [0.2, 0.25) is 5.13 Å². The Bertz CT molecular complexity index is 652. The van der Waals surface area contributed by atoms with Gasteiger partial charge in [-0.15, -0.1) is 10.2 Å². The molecule has 22 heavy (non-hydrogen) atoms. The summed E-state index contributed by atoms with van der Waals surface area (Å²) in [6.07, 6.45) is 1.07. The maximum atomic E-state index is 11.9. The Labute approximate surface area is 153 Å². The molecule has 0 aliphatic carbocycles. The largest absolute Gasteiger partial charge is 0.483 e. The molecule has 1 amide bonds. The minimum Gasteiger partial charge on any atom is -0.483 e. The number of halogens is 2. The fraction of sp³-hybridized carbons (Fsp3) is 0.308. The van der Waals surface area contributed by atoms with Crippen molar-refractivity contribution < 1.29 is 9.53 Å². The quantitative estimate of drug-likeness (QED) is 0.477. The Balaban J connectivity index is 1.83. The Morgan fingerprint density at radius 2 is 2.23 bits per heavy atom. The number of thioether (sulfide) groups is 1. The van der Waals surface area contributed by atoms with E-state index in [4.69, 9.17) is 4.74 Å². The molecule has 0 aliphatic rings. The Hall–Kier alpha value is -0.640. The number of nitrogens with zero attached hydrogens (tertiary/aromatic N) is 2. The van der Waals surface area contributed by atoms with Crippen LogP contribution in [0.4, 0.5) is 5.13 Å². The fourth-order valence-electron chi connectivity index (χ4n) is 1.40. The molecule has 0 bridgehead atoms. The van der Waals surface area contributed by atoms with Crippen LogP contribution in [0.25, 0.3) is 0 Å². The van der Waals surface area contributed by atoms with Gasteiger partial charge < -0.3 is 4.74 Å². The van der Waals surface area contributed by atoms with Crippen LogP contribution >= 0.6 is 55.0 Å². The third-order valence-electron chi connectivity index (χ3n) is 2.34. The summed E-state index contributed by atoms with van der Waals surface area (Å²) in [4.78, 5) is 11.9. The van der Waals surface area contributed by atoms with E-state index in [1.54, 1.807) is 17.8 Å². The lowest BCUT2D eigenvalue weighted by Crippen LogP contribution is -2.20. The van der Waals surface area contributed by atoms with Gasteiger partial charge >= 0.3 is 0 Å². The first-order chi connectivity index (χ1) is 10.6. The molecule has 118 valence electrons.